The third kappa shape index (κ3) is 1.95. The SMILES string of the molecule is NC(c1coc2ccccc12)C1CCC(=O)CC1. The molecule has 1 saturated carbocycles. The number of rotatable bonds is 2. The molecule has 0 bridgehead atoms. The minimum Gasteiger partial charge on any atom is -0.464 e. The van der Waals surface area contributed by atoms with E-state index in [1.54, 1.807) is 6.26 Å². The van der Waals surface area contributed by atoms with Gasteiger partial charge in [-0.15, -0.1) is 0 Å². The van der Waals surface area contributed by atoms with Crippen molar-refractivity contribution >= 4 is 16.8 Å². The van der Waals surface area contributed by atoms with E-state index < -0.39 is 0 Å². The van der Waals surface area contributed by atoms with E-state index in [-0.39, 0.29) is 6.04 Å². The highest BCUT2D eigenvalue weighted by atomic mass is 16.3. The first kappa shape index (κ1) is 11.5. The molecular weight excluding hydrogens is 226 g/mol. The van der Waals surface area contributed by atoms with Gasteiger partial charge in [-0.1, -0.05) is 18.2 Å². The van der Waals surface area contributed by atoms with Crippen LogP contribution in [0.3, 0.4) is 0 Å². The van der Waals surface area contributed by atoms with Gasteiger partial charge in [-0.25, -0.2) is 0 Å². The van der Waals surface area contributed by atoms with Gasteiger partial charge in [0.2, 0.25) is 0 Å². The number of Topliss-reactive ketones (excluding diaryl/α,β-unsaturated/α-hetero) is 1. The molecule has 1 aromatic carbocycles. The Balaban J connectivity index is 1.87. The minimum absolute atomic E-state index is 0.0262. The maximum Gasteiger partial charge on any atom is 0.134 e. The summed E-state index contributed by atoms with van der Waals surface area (Å²) in [5.41, 5.74) is 8.31. The van der Waals surface area contributed by atoms with Crippen LogP contribution >= 0.6 is 0 Å². The summed E-state index contributed by atoms with van der Waals surface area (Å²) in [4.78, 5) is 11.3. The van der Waals surface area contributed by atoms with Gasteiger partial charge in [0.1, 0.15) is 11.4 Å². The number of nitrogens with two attached hydrogens (primary N) is 1. The van der Waals surface area contributed by atoms with Crippen molar-refractivity contribution in [1.82, 2.24) is 0 Å². The second kappa shape index (κ2) is 4.58. The van der Waals surface area contributed by atoms with Crippen LogP contribution in [-0.4, -0.2) is 5.78 Å². The standard InChI is InChI=1S/C15H17NO2/c16-15(10-5-7-11(17)8-6-10)13-9-18-14-4-2-1-3-12(13)14/h1-4,9-10,15H,5-8,16H2. The molecule has 0 amide bonds. The second-order valence-corrected chi connectivity index (χ2v) is 5.09. The normalized spacial score (nSPS) is 19.3. The number of hydrogen-bond acceptors (Lipinski definition) is 3. The van der Waals surface area contributed by atoms with Gasteiger partial charge in [-0.3, -0.25) is 4.79 Å². The molecule has 2 aromatic rings. The number of fused-ring (bicyclic) bond motifs is 1. The molecular formula is C15H17NO2. The summed E-state index contributed by atoms with van der Waals surface area (Å²) < 4.78 is 5.54. The summed E-state index contributed by atoms with van der Waals surface area (Å²) in [5.74, 6) is 0.763. The molecule has 1 fully saturated rings. The van der Waals surface area contributed by atoms with Gasteiger partial charge in [0.15, 0.2) is 0 Å². The van der Waals surface area contributed by atoms with Gasteiger partial charge < -0.3 is 10.2 Å². The van der Waals surface area contributed by atoms with Crippen LogP contribution in [0, 0.1) is 5.92 Å². The van der Waals surface area contributed by atoms with Crippen LogP contribution in [0.4, 0.5) is 0 Å². The molecule has 2 N–H and O–H groups in total. The highest BCUT2D eigenvalue weighted by Gasteiger charge is 2.27. The first-order chi connectivity index (χ1) is 8.75. The van der Waals surface area contributed by atoms with Crippen LogP contribution < -0.4 is 5.73 Å². The molecule has 3 heteroatoms. The zero-order valence-electron chi connectivity index (χ0n) is 10.3. The summed E-state index contributed by atoms with van der Waals surface area (Å²) in [6.45, 7) is 0. The Morgan fingerprint density at radius 1 is 1.22 bits per heavy atom. The predicted molar refractivity (Wildman–Crippen MR) is 70.1 cm³/mol. The van der Waals surface area contributed by atoms with E-state index in [0.717, 1.165) is 29.4 Å². The van der Waals surface area contributed by atoms with Crippen molar-refractivity contribution in [1.29, 1.82) is 0 Å². The third-order valence-electron chi connectivity index (χ3n) is 3.97. The molecule has 1 heterocycles. The largest absolute Gasteiger partial charge is 0.464 e. The number of carbonyl (C=O) groups excluding carboxylic acids is 1. The Morgan fingerprint density at radius 3 is 2.72 bits per heavy atom. The summed E-state index contributed by atoms with van der Waals surface area (Å²) in [7, 11) is 0. The Bertz CT molecular complexity index is 563. The maximum atomic E-state index is 11.3. The molecule has 0 radical (unpaired) electrons. The van der Waals surface area contributed by atoms with Gasteiger partial charge in [0.25, 0.3) is 0 Å². The van der Waals surface area contributed by atoms with Gasteiger partial charge in [-0.2, -0.15) is 0 Å². The fourth-order valence-electron chi connectivity index (χ4n) is 2.83. The van der Waals surface area contributed by atoms with Crippen LogP contribution in [0.5, 0.6) is 0 Å². The molecule has 1 unspecified atom stereocenters. The van der Waals surface area contributed by atoms with Crippen molar-refractivity contribution in [2.75, 3.05) is 0 Å². The monoisotopic (exact) mass is 243 g/mol. The topological polar surface area (TPSA) is 56.2 Å². The average molecular weight is 243 g/mol. The van der Waals surface area contributed by atoms with Crippen LogP contribution in [0.1, 0.15) is 37.3 Å². The second-order valence-electron chi connectivity index (χ2n) is 5.09. The van der Waals surface area contributed by atoms with Crippen molar-refractivity contribution in [2.45, 2.75) is 31.7 Å². The lowest BCUT2D eigenvalue weighted by molar-refractivity contribution is -0.121. The smallest absolute Gasteiger partial charge is 0.134 e. The van der Waals surface area contributed by atoms with Crippen molar-refractivity contribution in [2.24, 2.45) is 11.7 Å². The summed E-state index contributed by atoms with van der Waals surface area (Å²) >= 11 is 0. The van der Waals surface area contributed by atoms with Gasteiger partial charge in [-0.05, 0) is 24.8 Å². The lowest BCUT2D eigenvalue weighted by Crippen LogP contribution is -2.25. The van der Waals surface area contributed by atoms with E-state index in [2.05, 4.69) is 0 Å². The molecule has 1 aromatic heterocycles. The highest BCUT2D eigenvalue weighted by molar-refractivity contribution is 5.82. The third-order valence-corrected chi connectivity index (χ3v) is 3.97. The summed E-state index contributed by atoms with van der Waals surface area (Å²) in [6.07, 6.45) is 4.92. The quantitative estimate of drug-likeness (QED) is 0.881. The molecule has 0 aliphatic heterocycles. The zero-order chi connectivity index (χ0) is 12.5. The van der Waals surface area contributed by atoms with Gasteiger partial charge in [0.05, 0.1) is 6.26 Å². The molecule has 1 aliphatic carbocycles. The van der Waals surface area contributed by atoms with Crippen LogP contribution in [0.25, 0.3) is 11.0 Å². The molecule has 3 rings (SSSR count). The molecule has 1 aliphatic rings. The summed E-state index contributed by atoms with van der Waals surface area (Å²) in [6, 6.07) is 7.93. The Kier molecular flexibility index (Phi) is 2.92. The Hall–Kier alpha value is -1.61. The van der Waals surface area contributed by atoms with E-state index in [9.17, 15) is 4.79 Å². The lowest BCUT2D eigenvalue weighted by atomic mass is 9.81. The van der Waals surface area contributed by atoms with Gasteiger partial charge in [0, 0.05) is 29.8 Å². The number of para-hydroxylation sites is 1. The Labute approximate surface area is 106 Å². The average Bonchev–Trinajstić information content (AvgIpc) is 2.82. The molecule has 94 valence electrons. The van der Waals surface area contributed by atoms with E-state index in [4.69, 9.17) is 10.2 Å². The van der Waals surface area contributed by atoms with Crippen LogP contribution in [-0.2, 0) is 4.79 Å². The number of benzene rings is 1. The van der Waals surface area contributed by atoms with Crippen LogP contribution in [0.15, 0.2) is 34.9 Å². The molecule has 1 atom stereocenters. The fraction of sp³-hybridized carbons (Fsp3) is 0.400. The van der Waals surface area contributed by atoms with Crippen molar-refractivity contribution in [3.8, 4) is 0 Å². The first-order valence-electron chi connectivity index (χ1n) is 6.49. The van der Waals surface area contributed by atoms with E-state index in [0.29, 0.717) is 24.5 Å². The molecule has 3 nitrogen and oxygen atoms in total. The number of ketones is 1. The highest BCUT2D eigenvalue weighted by Crippen LogP contribution is 2.35. The zero-order valence-corrected chi connectivity index (χ0v) is 10.3. The number of furan rings is 1. The van der Waals surface area contributed by atoms with Crippen molar-refractivity contribution in [3.05, 3.63) is 36.1 Å². The maximum absolute atomic E-state index is 11.3. The molecule has 18 heavy (non-hydrogen) atoms. The predicted octanol–water partition coefficient (Wildman–Crippen LogP) is 3.19. The number of carbonyl (C=O) groups is 1. The minimum atomic E-state index is -0.0262. The van der Waals surface area contributed by atoms with Gasteiger partial charge >= 0.3 is 0 Å². The van der Waals surface area contributed by atoms with E-state index >= 15 is 0 Å². The Morgan fingerprint density at radius 2 is 1.94 bits per heavy atom. The number of hydrogen-bond donors (Lipinski definition) is 1. The summed E-state index contributed by atoms with van der Waals surface area (Å²) in [5, 5.41) is 1.10. The van der Waals surface area contributed by atoms with Crippen molar-refractivity contribution in [3.63, 3.8) is 0 Å². The fourth-order valence-corrected chi connectivity index (χ4v) is 2.83. The molecule has 0 spiro atoms. The van der Waals surface area contributed by atoms with E-state index in [1.807, 2.05) is 24.3 Å². The lowest BCUT2D eigenvalue weighted by Gasteiger charge is -2.26. The van der Waals surface area contributed by atoms with Crippen LogP contribution in [0.2, 0.25) is 0 Å². The van der Waals surface area contributed by atoms with Crippen molar-refractivity contribution < 1.29 is 9.21 Å². The molecule has 0 saturated heterocycles. The first-order valence-corrected chi connectivity index (χ1v) is 6.49. The van der Waals surface area contributed by atoms with E-state index in [1.165, 1.54) is 0 Å².